The lowest BCUT2D eigenvalue weighted by atomic mass is 10.1. The molecule has 1 saturated heterocycles. The standard InChI is InChI=1S/C27H23BrCl2N2O4S/c1-34-12-11-32-26(33)25(37-27(32)31-21-6-8-22(35-2)9-7-21)14-18-13-19(28)4-10-24(18)36-16-17-3-5-20(29)15-23(17)30/h3-10,13-15H,11-12,16H2,1-2H3/b25-14-,31-27?. The van der Waals surface area contributed by atoms with E-state index in [0.29, 0.717) is 44.7 Å². The monoisotopic (exact) mass is 620 g/mol. The van der Waals surface area contributed by atoms with Crippen molar-refractivity contribution in [2.45, 2.75) is 6.61 Å². The van der Waals surface area contributed by atoms with Crippen LogP contribution in [-0.2, 0) is 16.1 Å². The summed E-state index contributed by atoms with van der Waals surface area (Å²) in [6.07, 6.45) is 1.81. The van der Waals surface area contributed by atoms with Crippen LogP contribution in [0.1, 0.15) is 11.1 Å². The lowest BCUT2D eigenvalue weighted by molar-refractivity contribution is -0.122. The molecule has 3 aromatic carbocycles. The predicted octanol–water partition coefficient (Wildman–Crippen LogP) is 7.59. The van der Waals surface area contributed by atoms with Crippen LogP contribution in [0.25, 0.3) is 6.08 Å². The summed E-state index contributed by atoms with van der Waals surface area (Å²) in [6.45, 7) is 1.01. The molecule has 1 aliphatic heterocycles. The number of carbonyl (C=O) groups is 1. The number of aliphatic imine (C=N–C) groups is 1. The van der Waals surface area contributed by atoms with Crippen LogP contribution < -0.4 is 9.47 Å². The van der Waals surface area contributed by atoms with E-state index in [9.17, 15) is 4.79 Å². The molecule has 3 aromatic rings. The van der Waals surface area contributed by atoms with Crippen molar-refractivity contribution in [2.24, 2.45) is 4.99 Å². The number of nitrogens with zero attached hydrogens (tertiary/aromatic N) is 2. The van der Waals surface area contributed by atoms with Crippen molar-refractivity contribution in [3.05, 3.63) is 91.2 Å². The van der Waals surface area contributed by atoms with Gasteiger partial charge in [-0.25, -0.2) is 4.99 Å². The predicted molar refractivity (Wildman–Crippen MR) is 154 cm³/mol. The smallest absolute Gasteiger partial charge is 0.266 e. The van der Waals surface area contributed by atoms with Crippen molar-refractivity contribution >= 4 is 73.7 Å². The molecular formula is C27H23BrCl2N2O4S. The summed E-state index contributed by atoms with van der Waals surface area (Å²) in [4.78, 5) is 20.2. The Morgan fingerprint density at radius 3 is 2.54 bits per heavy atom. The summed E-state index contributed by atoms with van der Waals surface area (Å²) >= 11 is 17.1. The second kappa shape index (κ2) is 12.8. The van der Waals surface area contributed by atoms with Gasteiger partial charge in [0.15, 0.2) is 5.17 Å². The Kier molecular flexibility index (Phi) is 9.56. The zero-order chi connectivity index (χ0) is 26.4. The molecule has 10 heteroatoms. The highest BCUT2D eigenvalue weighted by molar-refractivity contribution is 9.10. The number of carbonyl (C=O) groups excluding carboxylic acids is 1. The average molecular weight is 622 g/mol. The highest BCUT2D eigenvalue weighted by Gasteiger charge is 2.33. The third-order valence-corrected chi connectivity index (χ3v) is 7.45. The maximum Gasteiger partial charge on any atom is 0.266 e. The zero-order valence-corrected chi connectivity index (χ0v) is 24.0. The first kappa shape index (κ1) is 27.5. The number of methoxy groups -OCH3 is 2. The van der Waals surface area contributed by atoms with Gasteiger partial charge in [0.05, 0.1) is 30.9 Å². The van der Waals surface area contributed by atoms with Crippen LogP contribution in [-0.4, -0.2) is 43.3 Å². The van der Waals surface area contributed by atoms with Crippen molar-refractivity contribution < 1.29 is 19.0 Å². The molecule has 4 rings (SSSR count). The Morgan fingerprint density at radius 2 is 1.84 bits per heavy atom. The lowest BCUT2D eigenvalue weighted by Crippen LogP contribution is -2.32. The summed E-state index contributed by atoms with van der Waals surface area (Å²) in [5, 5.41) is 1.66. The van der Waals surface area contributed by atoms with Gasteiger partial charge in [0, 0.05) is 32.8 Å². The maximum absolute atomic E-state index is 13.4. The van der Waals surface area contributed by atoms with Gasteiger partial charge in [-0.1, -0.05) is 45.2 Å². The van der Waals surface area contributed by atoms with E-state index >= 15 is 0 Å². The number of halogens is 3. The second-order valence-corrected chi connectivity index (χ2v) is 10.6. The molecule has 1 aliphatic rings. The molecule has 37 heavy (non-hydrogen) atoms. The molecular weight excluding hydrogens is 599 g/mol. The van der Waals surface area contributed by atoms with Gasteiger partial charge in [-0.3, -0.25) is 9.69 Å². The Labute approximate surface area is 238 Å². The molecule has 1 heterocycles. The zero-order valence-electron chi connectivity index (χ0n) is 20.0. The van der Waals surface area contributed by atoms with Crippen molar-refractivity contribution in [1.29, 1.82) is 0 Å². The third-order valence-electron chi connectivity index (χ3n) is 5.36. The van der Waals surface area contributed by atoms with Gasteiger partial charge in [0.2, 0.25) is 0 Å². The van der Waals surface area contributed by atoms with E-state index in [1.807, 2.05) is 54.6 Å². The van der Waals surface area contributed by atoms with Crippen LogP contribution in [0.5, 0.6) is 11.5 Å². The number of amides is 1. The number of hydrogen-bond acceptors (Lipinski definition) is 6. The molecule has 0 bridgehead atoms. The summed E-state index contributed by atoms with van der Waals surface area (Å²) in [7, 11) is 3.21. The first-order valence-corrected chi connectivity index (χ1v) is 13.5. The Hall–Kier alpha value is -2.49. The number of thioether (sulfide) groups is 1. The quantitative estimate of drug-likeness (QED) is 0.230. The lowest BCUT2D eigenvalue weighted by Gasteiger charge is -2.14. The van der Waals surface area contributed by atoms with Crippen molar-refractivity contribution in [1.82, 2.24) is 4.90 Å². The molecule has 6 nitrogen and oxygen atoms in total. The van der Waals surface area contributed by atoms with Crippen molar-refractivity contribution in [3.63, 3.8) is 0 Å². The van der Waals surface area contributed by atoms with Crippen LogP contribution in [0, 0.1) is 0 Å². The molecule has 0 radical (unpaired) electrons. The Balaban J connectivity index is 1.62. The molecule has 0 N–H and O–H groups in total. The van der Waals surface area contributed by atoms with Gasteiger partial charge in [-0.2, -0.15) is 0 Å². The van der Waals surface area contributed by atoms with Crippen LogP contribution in [0.4, 0.5) is 5.69 Å². The van der Waals surface area contributed by atoms with Crippen LogP contribution >= 0.6 is 50.9 Å². The molecule has 1 fully saturated rings. The number of rotatable bonds is 9. The SMILES string of the molecule is COCCN1C(=O)/C(=C/c2cc(Br)ccc2OCc2ccc(Cl)cc2Cl)SC1=Nc1ccc(OC)cc1. The topological polar surface area (TPSA) is 60.4 Å². The van der Waals surface area contributed by atoms with Gasteiger partial charge < -0.3 is 14.2 Å². The fraction of sp³-hybridized carbons (Fsp3) is 0.185. The highest BCUT2D eigenvalue weighted by Crippen LogP contribution is 2.37. The minimum atomic E-state index is -0.152. The molecule has 0 spiro atoms. The van der Waals surface area contributed by atoms with E-state index in [1.165, 1.54) is 11.8 Å². The number of amidine groups is 1. The first-order chi connectivity index (χ1) is 17.9. The van der Waals surface area contributed by atoms with Crippen molar-refractivity contribution in [3.8, 4) is 11.5 Å². The van der Waals surface area contributed by atoms with E-state index in [-0.39, 0.29) is 12.5 Å². The van der Waals surface area contributed by atoms with Crippen molar-refractivity contribution in [2.75, 3.05) is 27.4 Å². The third kappa shape index (κ3) is 7.09. The van der Waals surface area contributed by atoms with Gasteiger partial charge >= 0.3 is 0 Å². The molecule has 0 saturated carbocycles. The molecule has 1 amide bonds. The Morgan fingerprint density at radius 1 is 1.05 bits per heavy atom. The largest absolute Gasteiger partial charge is 0.497 e. The molecule has 0 aliphatic carbocycles. The van der Waals surface area contributed by atoms with Crippen LogP contribution in [0.3, 0.4) is 0 Å². The maximum atomic E-state index is 13.4. The van der Waals surface area contributed by atoms with E-state index in [4.69, 9.17) is 42.4 Å². The van der Waals surface area contributed by atoms with Gasteiger partial charge in [0.1, 0.15) is 18.1 Å². The van der Waals surface area contributed by atoms with Crippen LogP contribution in [0.15, 0.2) is 75.0 Å². The van der Waals surface area contributed by atoms with Crippen LogP contribution in [0.2, 0.25) is 10.0 Å². The van der Waals surface area contributed by atoms with Gasteiger partial charge in [0.25, 0.3) is 5.91 Å². The molecule has 0 atom stereocenters. The number of ether oxygens (including phenoxy) is 3. The minimum absolute atomic E-state index is 0.152. The van der Waals surface area contributed by atoms with E-state index < -0.39 is 0 Å². The molecule has 192 valence electrons. The highest BCUT2D eigenvalue weighted by atomic mass is 79.9. The number of hydrogen-bond donors (Lipinski definition) is 0. The normalized spacial score (nSPS) is 15.6. The first-order valence-electron chi connectivity index (χ1n) is 11.2. The van der Waals surface area contributed by atoms with Gasteiger partial charge in [-0.05, 0) is 72.4 Å². The van der Waals surface area contributed by atoms with Gasteiger partial charge in [-0.15, -0.1) is 0 Å². The Bertz CT molecular complexity index is 1350. The molecule has 0 aromatic heterocycles. The van der Waals surface area contributed by atoms with E-state index in [2.05, 4.69) is 15.9 Å². The number of benzene rings is 3. The van der Waals surface area contributed by atoms with E-state index in [1.54, 1.807) is 31.3 Å². The summed E-state index contributed by atoms with van der Waals surface area (Å²) in [5.41, 5.74) is 2.26. The van der Waals surface area contributed by atoms with E-state index in [0.717, 1.165) is 21.3 Å². The second-order valence-electron chi connectivity index (χ2n) is 7.86. The molecule has 0 unspecified atom stereocenters. The fourth-order valence-electron chi connectivity index (χ4n) is 3.44. The fourth-order valence-corrected chi connectivity index (χ4v) is 5.29. The minimum Gasteiger partial charge on any atom is -0.497 e. The summed E-state index contributed by atoms with van der Waals surface area (Å²) in [5.74, 6) is 1.19. The summed E-state index contributed by atoms with van der Waals surface area (Å²) in [6, 6.07) is 18.2. The summed E-state index contributed by atoms with van der Waals surface area (Å²) < 4.78 is 17.4. The average Bonchev–Trinajstić information content (AvgIpc) is 3.17.